The Kier molecular flexibility index (Phi) is 4.92. The molecule has 3 fully saturated rings. The number of carbonyl (C=O) groups excluding carboxylic acids is 2. The molecular weight excluding hydrogens is 294 g/mol. The van der Waals surface area contributed by atoms with Crippen LogP contribution < -0.4 is 5.32 Å². The number of rotatable bonds is 3. The lowest BCUT2D eigenvalue weighted by Crippen LogP contribution is -2.63. The van der Waals surface area contributed by atoms with Crippen LogP contribution in [0.3, 0.4) is 0 Å². The fourth-order valence-electron chi connectivity index (χ4n) is 4.70. The van der Waals surface area contributed by atoms with Crippen molar-refractivity contribution in [2.75, 3.05) is 26.7 Å². The number of nitrogens with one attached hydrogen (secondary N) is 1. The molecule has 2 amide bonds. The van der Waals surface area contributed by atoms with Gasteiger partial charge in [0.1, 0.15) is 5.54 Å². The van der Waals surface area contributed by atoms with Crippen LogP contribution in [-0.4, -0.2) is 71.1 Å². The summed E-state index contributed by atoms with van der Waals surface area (Å²) < 4.78 is 0. The number of nitrogens with zero attached hydrogens (tertiary/aromatic N) is 2. The van der Waals surface area contributed by atoms with Crippen LogP contribution in [-0.2, 0) is 9.59 Å². The van der Waals surface area contributed by atoms with Gasteiger partial charge in [-0.3, -0.25) is 14.5 Å². The summed E-state index contributed by atoms with van der Waals surface area (Å²) in [7, 11) is 1.70. The molecule has 2 N–H and O–H groups in total. The van der Waals surface area contributed by atoms with Crippen LogP contribution in [0.15, 0.2) is 0 Å². The summed E-state index contributed by atoms with van der Waals surface area (Å²) in [5.74, 6) is 0.172. The summed E-state index contributed by atoms with van der Waals surface area (Å²) in [6.45, 7) is 1.90. The number of likely N-dealkylation sites (tertiary alicyclic amines) is 2. The Morgan fingerprint density at radius 1 is 1.09 bits per heavy atom. The molecule has 3 aliphatic rings. The van der Waals surface area contributed by atoms with Crippen LogP contribution in [0.25, 0.3) is 0 Å². The highest BCUT2D eigenvalue weighted by Crippen LogP contribution is 2.39. The van der Waals surface area contributed by atoms with E-state index in [4.69, 9.17) is 0 Å². The predicted molar refractivity (Wildman–Crippen MR) is 86.8 cm³/mol. The first-order chi connectivity index (χ1) is 11.1. The summed E-state index contributed by atoms with van der Waals surface area (Å²) in [5.41, 5.74) is -0.512. The first-order valence-corrected chi connectivity index (χ1v) is 9.04. The van der Waals surface area contributed by atoms with E-state index in [-0.39, 0.29) is 17.9 Å². The molecule has 1 saturated carbocycles. The Bertz CT molecular complexity index is 462. The maximum atomic E-state index is 12.9. The number of amides is 2. The fraction of sp³-hybridized carbons (Fsp3) is 0.882. The van der Waals surface area contributed by atoms with Crippen molar-refractivity contribution < 1.29 is 14.7 Å². The summed E-state index contributed by atoms with van der Waals surface area (Å²) in [5, 5.41) is 12.6. The van der Waals surface area contributed by atoms with Crippen LogP contribution in [0.1, 0.15) is 51.4 Å². The maximum Gasteiger partial charge on any atom is 0.240 e. The van der Waals surface area contributed by atoms with E-state index in [1.54, 1.807) is 11.9 Å². The van der Waals surface area contributed by atoms with Gasteiger partial charge in [-0.2, -0.15) is 0 Å². The monoisotopic (exact) mass is 323 g/mol. The van der Waals surface area contributed by atoms with Crippen LogP contribution in [0, 0.1) is 0 Å². The van der Waals surface area contributed by atoms with Gasteiger partial charge in [0.05, 0.1) is 12.1 Å². The molecule has 0 radical (unpaired) electrons. The minimum Gasteiger partial charge on any atom is -0.391 e. The zero-order valence-corrected chi connectivity index (χ0v) is 14.1. The SMILES string of the molecule is CNC(=O)C1(N2CCC[C@H]2C(=O)N2CC[C@@H](O)C2)CCCCC1. The van der Waals surface area contributed by atoms with E-state index in [2.05, 4.69) is 10.2 Å². The molecule has 0 aromatic heterocycles. The second-order valence-corrected chi connectivity index (χ2v) is 7.25. The van der Waals surface area contributed by atoms with Crippen LogP contribution in [0.5, 0.6) is 0 Å². The van der Waals surface area contributed by atoms with Crippen LogP contribution >= 0.6 is 0 Å². The molecule has 3 rings (SSSR count). The lowest BCUT2D eigenvalue weighted by atomic mass is 9.79. The van der Waals surface area contributed by atoms with Gasteiger partial charge in [-0.1, -0.05) is 19.3 Å². The largest absolute Gasteiger partial charge is 0.391 e. The Balaban J connectivity index is 1.81. The number of aliphatic hydroxyl groups is 1. The van der Waals surface area contributed by atoms with Crippen molar-refractivity contribution in [3.8, 4) is 0 Å². The van der Waals surface area contributed by atoms with E-state index in [0.29, 0.717) is 19.5 Å². The van der Waals surface area contributed by atoms with E-state index < -0.39 is 11.6 Å². The van der Waals surface area contributed by atoms with Gasteiger partial charge in [-0.15, -0.1) is 0 Å². The molecule has 0 spiro atoms. The van der Waals surface area contributed by atoms with E-state index in [1.165, 1.54) is 6.42 Å². The molecule has 0 unspecified atom stereocenters. The van der Waals surface area contributed by atoms with Gasteiger partial charge in [0, 0.05) is 26.7 Å². The van der Waals surface area contributed by atoms with Gasteiger partial charge in [0.15, 0.2) is 0 Å². The van der Waals surface area contributed by atoms with Crippen LogP contribution in [0.2, 0.25) is 0 Å². The topological polar surface area (TPSA) is 72.9 Å². The third-order valence-corrected chi connectivity index (χ3v) is 5.89. The summed E-state index contributed by atoms with van der Waals surface area (Å²) in [4.78, 5) is 29.6. The number of aliphatic hydroxyl groups excluding tert-OH is 1. The molecule has 2 atom stereocenters. The van der Waals surface area contributed by atoms with Crippen molar-refractivity contribution in [2.24, 2.45) is 0 Å². The molecule has 0 bridgehead atoms. The van der Waals surface area contributed by atoms with Crippen molar-refractivity contribution in [1.82, 2.24) is 15.1 Å². The zero-order valence-electron chi connectivity index (χ0n) is 14.1. The zero-order chi connectivity index (χ0) is 16.4. The van der Waals surface area contributed by atoms with Gasteiger partial charge in [0.2, 0.25) is 11.8 Å². The first-order valence-electron chi connectivity index (χ1n) is 9.04. The second kappa shape index (κ2) is 6.77. The smallest absolute Gasteiger partial charge is 0.240 e. The van der Waals surface area contributed by atoms with Gasteiger partial charge in [-0.05, 0) is 32.1 Å². The average molecular weight is 323 g/mol. The number of hydrogen-bond acceptors (Lipinski definition) is 4. The molecule has 0 aromatic rings. The summed E-state index contributed by atoms with van der Waals surface area (Å²) in [6.07, 6.45) is 7.02. The highest BCUT2D eigenvalue weighted by atomic mass is 16.3. The lowest BCUT2D eigenvalue weighted by Gasteiger charge is -2.45. The van der Waals surface area contributed by atoms with Gasteiger partial charge >= 0.3 is 0 Å². The lowest BCUT2D eigenvalue weighted by molar-refractivity contribution is -0.144. The summed E-state index contributed by atoms with van der Waals surface area (Å²) >= 11 is 0. The molecule has 2 saturated heterocycles. The molecule has 1 aliphatic carbocycles. The van der Waals surface area contributed by atoms with E-state index in [0.717, 1.165) is 45.1 Å². The highest BCUT2D eigenvalue weighted by Gasteiger charge is 2.51. The van der Waals surface area contributed by atoms with Crippen molar-refractivity contribution >= 4 is 11.8 Å². The highest BCUT2D eigenvalue weighted by molar-refractivity contribution is 5.88. The van der Waals surface area contributed by atoms with Crippen LogP contribution in [0.4, 0.5) is 0 Å². The second-order valence-electron chi connectivity index (χ2n) is 7.25. The number of hydrogen-bond donors (Lipinski definition) is 2. The third-order valence-electron chi connectivity index (χ3n) is 5.89. The predicted octanol–water partition coefficient (Wildman–Crippen LogP) is 0.493. The minimum atomic E-state index is -0.512. The van der Waals surface area contributed by atoms with Gasteiger partial charge in [-0.25, -0.2) is 0 Å². The van der Waals surface area contributed by atoms with Crippen molar-refractivity contribution in [2.45, 2.75) is 69.1 Å². The minimum absolute atomic E-state index is 0.0679. The number of likely N-dealkylation sites (N-methyl/N-ethyl adjacent to an activating group) is 1. The fourth-order valence-corrected chi connectivity index (χ4v) is 4.70. The molecule has 2 heterocycles. The Morgan fingerprint density at radius 2 is 1.83 bits per heavy atom. The van der Waals surface area contributed by atoms with Crippen molar-refractivity contribution in [3.63, 3.8) is 0 Å². The quantitative estimate of drug-likeness (QED) is 0.793. The molecule has 23 heavy (non-hydrogen) atoms. The first kappa shape index (κ1) is 16.7. The van der Waals surface area contributed by atoms with E-state index in [9.17, 15) is 14.7 Å². The Labute approximate surface area is 138 Å². The molecule has 0 aromatic carbocycles. The molecular formula is C17H29N3O3. The van der Waals surface area contributed by atoms with Gasteiger partial charge < -0.3 is 15.3 Å². The molecule has 2 aliphatic heterocycles. The molecule has 6 heteroatoms. The standard InChI is InChI=1S/C17H29N3O3/c1-18-16(23)17(8-3-2-4-9-17)20-10-5-6-14(20)15(22)19-11-7-13(21)12-19/h13-14,21H,2-12H2,1H3,(H,18,23)/t13-,14+/m1/s1. The Hall–Kier alpha value is -1.14. The van der Waals surface area contributed by atoms with E-state index in [1.807, 2.05) is 0 Å². The molecule has 130 valence electrons. The number of carbonyl (C=O) groups is 2. The van der Waals surface area contributed by atoms with Crippen molar-refractivity contribution in [3.05, 3.63) is 0 Å². The summed E-state index contributed by atoms with van der Waals surface area (Å²) in [6, 6.07) is -0.198. The van der Waals surface area contributed by atoms with Gasteiger partial charge in [0.25, 0.3) is 0 Å². The maximum absolute atomic E-state index is 12.9. The average Bonchev–Trinajstić information content (AvgIpc) is 3.23. The normalized spacial score (nSPS) is 31.3. The van der Waals surface area contributed by atoms with E-state index >= 15 is 0 Å². The number of β-amino-alcohol motifs (C(OH)–C–C–N with tert-alkyl or cyclic N) is 1. The third kappa shape index (κ3) is 2.98. The van der Waals surface area contributed by atoms with Crippen molar-refractivity contribution in [1.29, 1.82) is 0 Å². The Morgan fingerprint density at radius 3 is 2.43 bits per heavy atom. The molecule has 6 nitrogen and oxygen atoms in total.